The fourth-order valence-corrected chi connectivity index (χ4v) is 1.67. The van der Waals surface area contributed by atoms with Gasteiger partial charge in [-0.1, -0.05) is 11.6 Å². The Kier molecular flexibility index (Phi) is 2.14. The molecule has 1 aromatic carbocycles. The number of nitrogens with zero attached hydrogens (tertiary/aromatic N) is 1. The number of fused-ring (bicyclic) bond motifs is 1. The number of hydrogen-bond acceptors (Lipinski definition) is 2. The average molecular weight is 259 g/mol. The predicted octanol–water partition coefficient (Wildman–Crippen LogP) is 3.36. The van der Waals surface area contributed by atoms with E-state index in [2.05, 4.69) is 20.9 Å². The largest absolute Gasteiger partial charge is 0.506 e. The smallest absolute Gasteiger partial charge is 0.141 e. The van der Waals surface area contributed by atoms with Gasteiger partial charge in [0.2, 0.25) is 0 Å². The van der Waals surface area contributed by atoms with Crippen molar-refractivity contribution in [1.82, 2.24) is 4.98 Å². The van der Waals surface area contributed by atoms with Crippen LogP contribution in [0.15, 0.2) is 28.9 Å². The maximum absolute atomic E-state index is 9.48. The van der Waals surface area contributed by atoms with Crippen LogP contribution in [0.2, 0.25) is 5.02 Å². The van der Waals surface area contributed by atoms with Gasteiger partial charge in [0.25, 0.3) is 0 Å². The molecule has 0 aliphatic rings. The summed E-state index contributed by atoms with van der Waals surface area (Å²) in [6.45, 7) is 0. The molecule has 13 heavy (non-hydrogen) atoms. The number of benzene rings is 1. The third-order valence-electron chi connectivity index (χ3n) is 1.75. The van der Waals surface area contributed by atoms with E-state index in [-0.39, 0.29) is 5.75 Å². The Balaban J connectivity index is 2.92. The van der Waals surface area contributed by atoms with Crippen molar-refractivity contribution >= 4 is 38.4 Å². The van der Waals surface area contributed by atoms with Gasteiger partial charge in [-0.25, -0.2) is 4.98 Å². The predicted molar refractivity (Wildman–Crippen MR) is 56.1 cm³/mol. The molecule has 1 N–H and O–H groups in total. The second-order valence-electron chi connectivity index (χ2n) is 2.60. The number of pyridine rings is 1. The van der Waals surface area contributed by atoms with Gasteiger partial charge in [-0.15, -0.1) is 0 Å². The summed E-state index contributed by atoms with van der Waals surface area (Å²) in [5.41, 5.74) is 0.516. The van der Waals surface area contributed by atoms with Crippen LogP contribution in [0, 0.1) is 0 Å². The highest BCUT2D eigenvalue weighted by atomic mass is 79.9. The third kappa shape index (κ3) is 1.49. The van der Waals surface area contributed by atoms with Gasteiger partial charge in [0.05, 0.1) is 5.02 Å². The van der Waals surface area contributed by atoms with E-state index in [0.29, 0.717) is 15.1 Å². The van der Waals surface area contributed by atoms with E-state index < -0.39 is 0 Å². The quantitative estimate of drug-likeness (QED) is 0.735. The van der Waals surface area contributed by atoms with Crippen molar-refractivity contribution in [3.05, 3.63) is 33.9 Å². The van der Waals surface area contributed by atoms with E-state index in [1.54, 1.807) is 12.1 Å². The zero-order valence-electron chi connectivity index (χ0n) is 6.46. The molecule has 0 amide bonds. The Morgan fingerprint density at radius 1 is 1.23 bits per heavy atom. The lowest BCUT2D eigenvalue weighted by molar-refractivity contribution is 0.480. The molecule has 1 heterocycles. The van der Waals surface area contributed by atoms with Gasteiger partial charge in [-0.05, 0) is 40.2 Å². The first-order valence-electron chi connectivity index (χ1n) is 3.62. The van der Waals surface area contributed by atoms with Gasteiger partial charge in [0.15, 0.2) is 0 Å². The summed E-state index contributed by atoms with van der Waals surface area (Å²) in [6, 6.07) is 6.78. The van der Waals surface area contributed by atoms with Gasteiger partial charge in [0.1, 0.15) is 15.9 Å². The molecule has 0 fully saturated rings. The number of rotatable bonds is 0. The Bertz CT molecular complexity index is 472. The molecule has 0 atom stereocenters. The summed E-state index contributed by atoms with van der Waals surface area (Å²) in [4.78, 5) is 4.12. The highest BCUT2D eigenvalue weighted by molar-refractivity contribution is 9.10. The number of halogens is 2. The number of phenols is 1. The zero-order valence-corrected chi connectivity index (χ0v) is 8.80. The molecule has 66 valence electrons. The van der Waals surface area contributed by atoms with Crippen LogP contribution >= 0.6 is 27.5 Å². The van der Waals surface area contributed by atoms with Crippen LogP contribution in [0.1, 0.15) is 0 Å². The van der Waals surface area contributed by atoms with Crippen LogP contribution < -0.4 is 0 Å². The van der Waals surface area contributed by atoms with Gasteiger partial charge in [0, 0.05) is 5.39 Å². The molecule has 1 aromatic heterocycles. The van der Waals surface area contributed by atoms with Crippen molar-refractivity contribution in [1.29, 1.82) is 0 Å². The van der Waals surface area contributed by atoms with Gasteiger partial charge in [-0.2, -0.15) is 0 Å². The monoisotopic (exact) mass is 257 g/mol. The summed E-state index contributed by atoms with van der Waals surface area (Å²) in [5, 5.41) is 10.8. The van der Waals surface area contributed by atoms with E-state index in [1.165, 1.54) is 6.07 Å². The lowest BCUT2D eigenvalue weighted by Crippen LogP contribution is -1.81. The Morgan fingerprint density at radius 2 is 2.00 bits per heavy atom. The van der Waals surface area contributed by atoms with E-state index in [9.17, 15) is 5.11 Å². The van der Waals surface area contributed by atoms with E-state index in [4.69, 9.17) is 11.6 Å². The first-order valence-corrected chi connectivity index (χ1v) is 4.79. The molecule has 0 aliphatic carbocycles. The highest BCUT2D eigenvalue weighted by Gasteiger charge is 2.04. The van der Waals surface area contributed by atoms with Crippen LogP contribution in [-0.2, 0) is 0 Å². The summed E-state index contributed by atoms with van der Waals surface area (Å²) in [7, 11) is 0. The highest BCUT2D eigenvalue weighted by Crippen LogP contribution is 2.29. The van der Waals surface area contributed by atoms with E-state index >= 15 is 0 Å². The fourth-order valence-electron chi connectivity index (χ4n) is 1.14. The molecule has 2 nitrogen and oxygen atoms in total. The van der Waals surface area contributed by atoms with Crippen LogP contribution in [-0.4, -0.2) is 10.1 Å². The first-order chi connectivity index (χ1) is 6.18. The fraction of sp³-hybridized carbons (Fsp3) is 0. The molecule has 4 heteroatoms. The van der Waals surface area contributed by atoms with Crippen LogP contribution in [0.3, 0.4) is 0 Å². The van der Waals surface area contributed by atoms with Crippen molar-refractivity contribution < 1.29 is 5.11 Å². The average Bonchev–Trinajstić information content (AvgIpc) is 2.12. The molecule has 0 saturated heterocycles. The number of hydrogen-bond donors (Lipinski definition) is 1. The lowest BCUT2D eigenvalue weighted by atomic mass is 10.2. The molecule has 0 unspecified atom stereocenters. The standard InChI is InChI=1S/C9H5BrClNO/c10-8-4-1-5-6(11)2-3-7(13)9(5)12-8/h1-4,13H. The van der Waals surface area contributed by atoms with E-state index in [1.807, 2.05) is 6.07 Å². The van der Waals surface area contributed by atoms with Gasteiger partial charge in [-0.3, -0.25) is 0 Å². The van der Waals surface area contributed by atoms with Crippen molar-refractivity contribution in [2.45, 2.75) is 0 Å². The van der Waals surface area contributed by atoms with Crippen LogP contribution in [0.5, 0.6) is 5.75 Å². The summed E-state index contributed by atoms with van der Waals surface area (Å²) < 4.78 is 0.678. The minimum absolute atomic E-state index is 0.140. The molecule has 0 spiro atoms. The molecule has 0 bridgehead atoms. The van der Waals surface area contributed by atoms with Crippen LogP contribution in [0.25, 0.3) is 10.9 Å². The Hall–Kier alpha value is -0.800. The van der Waals surface area contributed by atoms with Crippen molar-refractivity contribution in [3.8, 4) is 5.75 Å². The summed E-state index contributed by atoms with van der Waals surface area (Å²) in [6.07, 6.45) is 0. The second-order valence-corrected chi connectivity index (χ2v) is 3.82. The minimum Gasteiger partial charge on any atom is -0.506 e. The summed E-state index contributed by atoms with van der Waals surface area (Å²) >= 11 is 9.14. The normalized spacial score (nSPS) is 10.6. The number of aromatic nitrogens is 1. The van der Waals surface area contributed by atoms with E-state index in [0.717, 1.165) is 5.39 Å². The maximum Gasteiger partial charge on any atom is 0.141 e. The molecular weight excluding hydrogens is 253 g/mol. The van der Waals surface area contributed by atoms with Crippen molar-refractivity contribution in [2.24, 2.45) is 0 Å². The Labute approximate surface area is 88.3 Å². The number of phenolic OH excluding ortho intramolecular Hbond substituents is 1. The molecule has 0 saturated carbocycles. The molecule has 2 aromatic rings. The first kappa shape index (κ1) is 8.78. The molecule has 2 rings (SSSR count). The lowest BCUT2D eigenvalue weighted by Gasteiger charge is -2.01. The van der Waals surface area contributed by atoms with Gasteiger partial charge < -0.3 is 5.11 Å². The van der Waals surface area contributed by atoms with Gasteiger partial charge >= 0.3 is 0 Å². The van der Waals surface area contributed by atoms with Crippen molar-refractivity contribution in [3.63, 3.8) is 0 Å². The molecule has 0 aliphatic heterocycles. The van der Waals surface area contributed by atoms with Crippen molar-refractivity contribution in [2.75, 3.05) is 0 Å². The third-order valence-corrected chi connectivity index (χ3v) is 2.52. The zero-order chi connectivity index (χ0) is 9.42. The molecular formula is C9H5BrClNO. The summed E-state index contributed by atoms with van der Waals surface area (Å²) in [5.74, 6) is 0.140. The molecule has 0 radical (unpaired) electrons. The minimum atomic E-state index is 0.140. The Morgan fingerprint density at radius 3 is 2.77 bits per heavy atom. The maximum atomic E-state index is 9.48. The van der Waals surface area contributed by atoms with Crippen LogP contribution in [0.4, 0.5) is 0 Å². The second kappa shape index (κ2) is 3.16. The SMILES string of the molecule is Oc1ccc(Cl)c2ccc(Br)nc12. The number of aromatic hydroxyl groups is 1. The topological polar surface area (TPSA) is 33.1 Å².